The molecule has 0 spiro atoms. The molecule has 1 N–H and O–H groups in total. The van der Waals surface area contributed by atoms with Crippen molar-refractivity contribution in [3.63, 3.8) is 0 Å². The van der Waals surface area contributed by atoms with E-state index < -0.39 is 0 Å². The first kappa shape index (κ1) is 13.7. The summed E-state index contributed by atoms with van der Waals surface area (Å²) in [6.45, 7) is 4.26. The molecule has 0 unspecified atom stereocenters. The van der Waals surface area contributed by atoms with Gasteiger partial charge in [-0.15, -0.1) is 11.3 Å². The van der Waals surface area contributed by atoms with E-state index in [-0.39, 0.29) is 11.9 Å². The van der Waals surface area contributed by atoms with Gasteiger partial charge in [0.1, 0.15) is 10.8 Å². The number of rotatable bonds is 4. The molecule has 2 aromatic rings. The Morgan fingerprint density at radius 1 is 1.42 bits per heavy atom. The number of halogens is 1. The number of aryl methyl sites for hydroxylation is 1. The largest absolute Gasteiger partial charge is 0.297 e. The maximum atomic E-state index is 12.9. The molecule has 5 heteroatoms. The van der Waals surface area contributed by atoms with Crippen LogP contribution in [0.3, 0.4) is 0 Å². The first-order valence-electron chi connectivity index (χ1n) is 5.95. The fourth-order valence-corrected chi connectivity index (χ4v) is 2.92. The van der Waals surface area contributed by atoms with Crippen LogP contribution in [0.2, 0.25) is 0 Å². The van der Waals surface area contributed by atoms with E-state index in [9.17, 15) is 4.39 Å². The van der Waals surface area contributed by atoms with Gasteiger partial charge in [0.15, 0.2) is 0 Å². The Labute approximate surface area is 115 Å². The van der Waals surface area contributed by atoms with E-state index in [1.807, 2.05) is 13.8 Å². The van der Waals surface area contributed by atoms with Gasteiger partial charge in [0, 0.05) is 16.5 Å². The van der Waals surface area contributed by atoms with Crippen molar-refractivity contribution < 1.29 is 4.39 Å². The molecule has 0 saturated heterocycles. The van der Waals surface area contributed by atoms with Crippen molar-refractivity contribution in [2.24, 2.45) is 0 Å². The number of nitriles is 1. The molecule has 98 valence electrons. The van der Waals surface area contributed by atoms with Crippen LogP contribution in [0.1, 0.15) is 23.5 Å². The molecular formula is C14H14FN3S. The van der Waals surface area contributed by atoms with Gasteiger partial charge in [-0.25, -0.2) is 9.37 Å². The molecule has 19 heavy (non-hydrogen) atoms. The lowest BCUT2D eigenvalue weighted by Gasteiger charge is -2.08. The molecule has 0 radical (unpaired) electrons. The fraction of sp³-hybridized carbons (Fsp3) is 0.286. The molecule has 0 saturated carbocycles. The van der Waals surface area contributed by atoms with Gasteiger partial charge in [0.05, 0.1) is 18.3 Å². The summed E-state index contributed by atoms with van der Waals surface area (Å²) in [7, 11) is 0. The normalized spacial score (nSPS) is 12.1. The number of nitrogens with zero attached hydrogens (tertiary/aromatic N) is 2. The van der Waals surface area contributed by atoms with Gasteiger partial charge in [0.25, 0.3) is 0 Å². The average Bonchev–Trinajstić information content (AvgIpc) is 2.79. The van der Waals surface area contributed by atoms with Crippen molar-refractivity contribution >= 4 is 11.3 Å². The zero-order valence-corrected chi connectivity index (χ0v) is 11.6. The second-order valence-electron chi connectivity index (χ2n) is 4.24. The molecule has 0 aliphatic heterocycles. The summed E-state index contributed by atoms with van der Waals surface area (Å²) in [5, 5.41) is 12.6. The van der Waals surface area contributed by atoms with Gasteiger partial charge >= 0.3 is 0 Å². The molecule has 2 rings (SSSR count). The van der Waals surface area contributed by atoms with Crippen molar-refractivity contribution in [1.82, 2.24) is 10.3 Å². The Hall–Kier alpha value is -1.77. The van der Waals surface area contributed by atoms with Crippen LogP contribution < -0.4 is 5.32 Å². The standard InChI is InChI=1S/C14H14FN3S/c1-9(17-8-7-16)13-10(2)18-14(19-13)11-3-5-12(15)6-4-11/h3-6,9,17H,8H2,1-2H3/t9-/m1/s1. The lowest BCUT2D eigenvalue weighted by molar-refractivity contribution is 0.626. The van der Waals surface area contributed by atoms with Crippen molar-refractivity contribution in [3.8, 4) is 16.6 Å². The minimum Gasteiger partial charge on any atom is -0.297 e. The maximum absolute atomic E-state index is 12.9. The van der Waals surface area contributed by atoms with Crippen LogP contribution in [-0.4, -0.2) is 11.5 Å². The highest BCUT2D eigenvalue weighted by molar-refractivity contribution is 7.15. The first-order chi connectivity index (χ1) is 9.11. The van der Waals surface area contributed by atoms with Crippen LogP contribution >= 0.6 is 11.3 Å². The minimum absolute atomic E-state index is 0.0892. The predicted octanol–water partition coefficient (Wildman–Crippen LogP) is 3.43. The van der Waals surface area contributed by atoms with Gasteiger partial charge in [0.2, 0.25) is 0 Å². The molecule has 0 aliphatic carbocycles. The van der Waals surface area contributed by atoms with E-state index in [0.29, 0.717) is 6.54 Å². The Morgan fingerprint density at radius 2 is 2.11 bits per heavy atom. The number of hydrogen-bond donors (Lipinski definition) is 1. The Balaban J connectivity index is 2.26. The van der Waals surface area contributed by atoms with Gasteiger partial charge < -0.3 is 0 Å². The van der Waals surface area contributed by atoms with Gasteiger partial charge in [-0.05, 0) is 38.1 Å². The molecule has 0 amide bonds. The summed E-state index contributed by atoms with van der Waals surface area (Å²) in [6, 6.07) is 8.47. The van der Waals surface area contributed by atoms with Crippen molar-refractivity contribution in [1.29, 1.82) is 5.26 Å². The summed E-state index contributed by atoms with van der Waals surface area (Å²) in [5.41, 5.74) is 1.86. The van der Waals surface area contributed by atoms with E-state index in [4.69, 9.17) is 5.26 Å². The highest BCUT2D eigenvalue weighted by atomic mass is 32.1. The quantitative estimate of drug-likeness (QED) is 0.870. The summed E-state index contributed by atoms with van der Waals surface area (Å²) in [4.78, 5) is 5.62. The second-order valence-corrected chi connectivity index (χ2v) is 5.27. The number of benzene rings is 1. The third-order valence-corrected chi connectivity index (χ3v) is 4.19. The number of aromatic nitrogens is 1. The molecule has 0 aliphatic rings. The number of nitrogens with one attached hydrogen (secondary N) is 1. The second kappa shape index (κ2) is 5.91. The van der Waals surface area contributed by atoms with Crippen LogP contribution in [0.4, 0.5) is 4.39 Å². The number of hydrogen-bond acceptors (Lipinski definition) is 4. The van der Waals surface area contributed by atoms with E-state index in [0.717, 1.165) is 21.1 Å². The SMILES string of the molecule is Cc1nc(-c2ccc(F)cc2)sc1[C@@H](C)NCC#N. The smallest absolute Gasteiger partial charge is 0.123 e. The monoisotopic (exact) mass is 275 g/mol. The fourth-order valence-electron chi connectivity index (χ4n) is 1.82. The van der Waals surface area contributed by atoms with Crippen molar-refractivity contribution in [3.05, 3.63) is 40.7 Å². The van der Waals surface area contributed by atoms with Crippen LogP contribution in [-0.2, 0) is 0 Å². The summed E-state index contributed by atoms with van der Waals surface area (Å²) >= 11 is 1.57. The molecule has 1 atom stereocenters. The van der Waals surface area contributed by atoms with Crippen molar-refractivity contribution in [2.45, 2.75) is 19.9 Å². The van der Waals surface area contributed by atoms with Crippen molar-refractivity contribution in [2.75, 3.05) is 6.54 Å². The van der Waals surface area contributed by atoms with Crippen LogP contribution in [0.15, 0.2) is 24.3 Å². The zero-order chi connectivity index (χ0) is 13.8. The third-order valence-electron chi connectivity index (χ3n) is 2.80. The molecule has 3 nitrogen and oxygen atoms in total. The van der Waals surface area contributed by atoms with E-state index in [2.05, 4.69) is 16.4 Å². The molecule has 1 aromatic carbocycles. The Morgan fingerprint density at radius 3 is 2.74 bits per heavy atom. The topological polar surface area (TPSA) is 48.7 Å². The summed E-state index contributed by atoms with van der Waals surface area (Å²) in [6.07, 6.45) is 0. The van der Waals surface area contributed by atoms with Gasteiger partial charge in [-0.3, -0.25) is 5.32 Å². The number of thiazole rings is 1. The maximum Gasteiger partial charge on any atom is 0.123 e. The van der Waals surface area contributed by atoms with Crippen LogP contribution in [0, 0.1) is 24.1 Å². The Kier molecular flexibility index (Phi) is 4.25. The van der Waals surface area contributed by atoms with Gasteiger partial charge in [-0.1, -0.05) is 0 Å². The molecule has 1 aromatic heterocycles. The molecule has 1 heterocycles. The van der Waals surface area contributed by atoms with E-state index >= 15 is 0 Å². The summed E-state index contributed by atoms with van der Waals surface area (Å²) < 4.78 is 12.9. The lowest BCUT2D eigenvalue weighted by Crippen LogP contribution is -2.18. The molecule has 0 bridgehead atoms. The highest BCUT2D eigenvalue weighted by Gasteiger charge is 2.14. The first-order valence-corrected chi connectivity index (χ1v) is 6.77. The zero-order valence-electron chi connectivity index (χ0n) is 10.8. The van der Waals surface area contributed by atoms with Crippen LogP contribution in [0.25, 0.3) is 10.6 Å². The lowest BCUT2D eigenvalue weighted by atomic mass is 10.2. The third kappa shape index (κ3) is 3.16. The molecule has 0 fully saturated rings. The minimum atomic E-state index is -0.249. The Bertz CT molecular complexity index is 598. The van der Waals surface area contributed by atoms with E-state index in [1.165, 1.54) is 12.1 Å². The van der Waals surface area contributed by atoms with E-state index in [1.54, 1.807) is 23.5 Å². The van der Waals surface area contributed by atoms with Crippen LogP contribution in [0.5, 0.6) is 0 Å². The van der Waals surface area contributed by atoms with Gasteiger partial charge in [-0.2, -0.15) is 5.26 Å². The average molecular weight is 275 g/mol. The predicted molar refractivity (Wildman–Crippen MR) is 74.3 cm³/mol. The molecular weight excluding hydrogens is 261 g/mol. The summed E-state index contributed by atoms with van der Waals surface area (Å²) in [5.74, 6) is -0.249. The highest BCUT2D eigenvalue weighted by Crippen LogP contribution is 2.31.